The van der Waals surface area contributed by atoms with E-state index in [4.69, 9.17) is 4.52 Å². The predicted molar refractivity (Wildman–Crippen MR) is 94.4 cm³/mol. The lowest BCUT2D eigenvalue weighted by atomic mass is 10.2. The Morgan fingerprint density at radius 1 is 1.27 bits per heavy atom. The Morgan fingerprint density at radius 3 is 2.86 bits per heavy atom. The van der Waals surface area contributed by atoms with E-state index in [1.54, 1.807) is 11.8 Å². The summed E-state index contributed by atoms with van der Waals surface area (Å²) in [6, 6.07) is 10.2. The van der Waals surface area contributed by atoms with Gasteiger partial charge in [-0.05, 0) is 25.0 Å². The van der Waals surface area contributed by atoms with Crippen molar-refractivity contribution in [2.45, 2.75) is 13.3 Å². The number of aromatic nitrogens is 1. The maximum absolute atomic E-state index is 5.52. The number of hydrogen-bond donors (Lipinski definition) is 0. The smallest absolute Gasteiger partial charge is 0.183 e. The molecular weight excluding hydrogens is 294 g/mol. The quantitative estimate of drug-likeness (QED) is 0.856. The molecule has 3 rings (SSSR count). The van der Waals surface area contributed by atoms with E-state index in [-0.39, 0.29) is 0 Å². The van der Waals surface area contributed by atoms with Crippen LogP contribution in [-0.4, -0.2) is 29.7 Å². The minimum atomic E-state index is 0.782. The van der Waals surface area contributed by atoms with Gasteiger partial charge in [-0.15, -0.1) is 0 Å². The third kappa shape index (κ3) is 3.09. The van der Waals surface area contributed by atoms with E-state index in [2.05, 4.69) is 27.2 Å². The summed E-state index contributed by atoms with van der Waals surface area (Å²) < 4.78 is 5.52. The van der Waals surface area contributed by atoms with Crippen molar-refractivity contribution in [3.8, 4) is 0 Å². The van der Waals surface area contributed by atoms with Crippen LogP contribution in [0.2, 0.25) is 0 Å². The highest BCUT2D eigenvalue weighted by molar-refractivity contribution is 8.14. The maximum atomic E-state index is 5.52. The maximum Gasteiger partial charge on any atom is 0.183 e. The number of aliphatic imine (C=N–C) groups is 1. The summed E-state index contributed by atoms with van der Waals surface area (Å²) >= 11 is 1.78. The van der Waals surface area contributed by atoms with E-state index in [0.717, 1.165) is 46.6 Å². The molecule has 1 aliphatic rings. The van der Waals surface area contributed by atoms with Gasteiger partial charge in [-0.3, -0.25) is 4.99 Å². The summed E-state index contributed by atoms with van der Waals surface area (Å²) in [5.74, 6) is 1.90. The second kappa shape index (κ2) is 6.83. The van der Waals surface area contributed by atoms with Gasteiger partial charge in [0.05, 0.1) is 0 Å². The Balaban J connectivity index is 1.92. The third-order valence-corrected chi connectivity index (χ3v) is 4.69. The Morgan fingerprint density at radius 2 is 2.09 bits per heavy atom. The van der Waals surface area contributed by atoms with Gasteiger partial charge in [0.15, 0.2) is 10.9 Å². The molecule has 1 aliphatic heterocycles. The number of rotatable bonds is 3. The molecule has 0 saturated carbocycles. The van der Waals surface area contributed by atoms with Crippen molar-refractivity contribution >= 4 is 34.8 Å². The molecule has 22 heavy (non-hydrogen) atoms. The summed E-state index contributed by atoms with van der Waals surface area (Å²) in [5, 5.41) is 5.17. The van der Waals surface area contributed by atoms with Crippen LogP contribution in [-0.2, 0) is 0 Å². The fourth-order valence-electron chi connectivity index (χ4n) is 2.51. The van der Waals surface area contributed by atoms with Crippen molar-refractivity contribution < 1.29 is 4.52 Å². The molecule has 114 valence electrons. The van der Waals surface area contributed by atoms with E-state index >= 15 is 0 Å². The molecule has 1 saturated heterocycles. The minimum absolute atomic E-state index is 0.782. The number of thioether (sulfide) groups is 1. The second-order valence-corrected chi connectivity index (χ2v) is 6.15. The third-order valence-electron chi connectivity index (χ3n) is 3.53. The highest BCUT2D eigenvalue weighted by Gasteiger charge is 2.25. The first-order chi connectivity index (χ1) is 10.8. The Labute approximate surface area is 134 Å². The lowest BCUT2D eigenvalue weighted by molar-refractivity contribution is 0.408. The number of nitrogens with zero attached hydrogens (tertiary/aromatic N) is 3. The molecule has 0 N–H and O–H groups in total. The fraction of sp³-hybridized carbons (Fsp3) is 0.294. The lowest BCUT2D eigenvalue weighted by Crippen LogP contribution is -2.34. The number of aryl methyl sites for hydroxylation is 1. The number of hydrogen-bond acceptors (Lipinski definition) is 4. The van der Waals surface area contributed by atoms with E-state index in [0.29, 0.717) is 0 Å². The Bertz CT molecular complexity index is 691. The highest BCUT2D eigenvalue weighted by Crippen LogP contribution is 2.31. The summed E-state index contributed by atoms with van der Waals surface area (Å²) in [4.78, 5) is 6.61. The SMILES string of the molecule is CN=C1SCCCN1c1c(C)noc1/C=C/c1ccccc1. The lowest BCUT2D eigenvalue weighted by Gasteiger charge is -2.28. The van der Waals surface area contributed by atoms with E-state index in [1.807, 2.05) is 44.3 Å². The van der Waals surface area contributed by atoms with Crippen molar-refractivity contribution in [3.63, 3.8) is 0 Å². The van der Waals surface area contributed by atoms with Gasteiger partial charge in [-0.25, -0.2) is 0 Å². The van der Waals surface area contributed by atoms with Crippen LogP contribution in [0.1, 0.15) is 23.4 Å². The van der Waals surface area contributed by atoms with Crippen LogP contribution in [0.5, 0.6) is 0 Å². The zero-order chi connectivity index (χ0) is 15.4. The van der Waals surface area contributed by atoms with Gasteiger partial charge in [0.25, 0.3) is 0 Å². The van der Waals surface area contributed by atoms with Gasteiger partial charge in [0.1, 0.15) is 11.4 Å². The van der Waals surface area contributed by atoms with Gasteiger partial charge < -0.3 is 9.42 Å². The van der Waals surface area contributed by atoms with Crippen molar-refractivity contribution in [2.75, 3.05) is 24.2 Å². The average molecular weight is 313 g/mol. The fourth-order valence-corrected chi connectivity index (χ4v) is 3.43. The van der Waals surface area contributed by atoms with Crippen LogP contribution in [0.4, 0.5) is 5.69 Å². The van der Waals surface area contributed by atoms with E-state index in [9.17, 15) is 0 Å². The van der Waals surface area contributed by atoms with Gasteiger partial charge in [0.2, 0.25) is 0 Å². The van der Waals surface area contributed by atoms with Crippen LogP contribution in [0.15, 0.2) is 39.8 Å². The van der Waals surface area contributed by atoms with Crippen LogP contribution in [0.3, 0.4) is 0 Å². The highest BCUT2D eigenvalue weighted by atomic mass is 32.2. The summed E-state index contributed by atoms with van der Waals surface area (Å²) in [5.41, 5.74) is 3.07. The normalized spacial score (nSPS) is 17.5. The molecule has 1 aromatic heterocycles. The molecule has 1 aromatic carbocycles. The average Bonchev–Trinajstić information content (AvgIpc) is 2.94. The zero-order valence-electron chi connectivity index (χ0n) is 12.8. The molecule has 5 heteroatoms. The van der Waals surface area contributed by atoms with Gasteiger partial charge in [-0.2, -0.15) is 0 Å². The van der Waals surface area contributed by atoms with Crippen LogP contribution in [0, 0.1) is 6.92 Å². The first-order valence-electron chi connectivity index (χ1n) is 7.36. The van der Waals surface area contributed by atoms with Crippen molar-refractivity contribution in [3.05, 3.63) is 47.3 Å². The first kappa shape index (κ1) is 14.9. The topological polar surface area (TPSA) is 41.6 Å². The van der Waals surface area contributed by atoms with Crippen molar-refractivity contribution in [1.29, 1.82) is 0 Å². The molecule has 4 nitrogen and oxygen atoms in total. The molecule has 1 fully saturated rings. The predicted octanol–water partition coefficient (Wildman–Crippen LogP) is 4.08. The monoisotopic (exact) mass is 313 g/mol. The molecule has 0 bridgehead atoms. The van der Waals surface area contributed by atoms with Crippen LogP contribution < -0.4 is 4.90 Å². The number of anilines is 1. The number of benzene rings is 1. The van der Waals surface area contributed by atoms with Crippen molar-refractivity contribution in [1.82, 2.24) is 5.16 Å². The summed E-state index contributed by atoms with van der Waals surface area (Å²) in [7, 11) is 1.84. The zero-order valence-corrected chi connectivity index (χ0v) is 13.6. The molecule has 0 aliphatic carbocycles. The van der Waals surface area contributed by atoms with Crippen LogP contribution >= 0.6 is 11.8 Å². The Hall–Kier alpha value is -2.01. The van der Waals surface area contributed by atoms with Crippen molar-refractivity contribution in [2.24, 2.45) is 4.99 Å². The standard InChI is InChI=1S/C17H19N3OS/c1-13-16(20-11-6-12-22-17(20)18-2)15(21-19-13)10-9-14-7-4-3-5-8-14/h3-5,7-10H,6,11-12H2,1-2H3/b10-9+,18-17?. The molecule has 0 unspecified atom stereocenters. The molecule has 0 atom stereocenters. The van der Waals surface area contributed by atoms with Gasteiger partial charge in [-0.1, -0.05) is 53.3 Å². The number of amidine groups is 1. The van der Waals surface area contributed by atoms with E-state index in [1.165, 1.54) is 0 Å². The first-order valence-corrected chi connectivity index (χ1v) is 8.34. The largest absolute Gasteiger partial charge is 0.354 e. The van der Waals surface area contributed by atoms with Crippen LogP contribution in [0.25, 0.3) is 12.2 Å². The molecule has 0 spiro atoms. The van der Waals surface area contributed by atoms with E-state index < -0.39 is 0 Å². The molecule has 0 amide bonds. The molecule has 2 heterocycles. The van der Waals surface area contributed by atoms with Gasteiger partial charge >= 0.3 is 0 Å². The molecule has 2 aromatic rings. The Kier molecular flexibility index (Phi) is 4.63. The summed E-state index contributed by atoms with van der Waals surface area (Å²) in [6.07, 6.45) is 5.16. The van der Waals surface area contributed by atoms with Gasteiger partial charge in [0, 0.05) is 19.3 Å². The second-order valence-electron chi connectivity index (χ2n) is 5.08. The molecule has 0 radical (unpaired) electrons. The summed E-state index contributed by atoms with van der Waals surface area (Å²) in [6.45, 7) is 2.93. The molecular formula is C17H19N3OS. The minimum Gasteiger partial charge on any atom is -0.354 e.